The second-order valence-corrected chi connectivity index (χ2v) is 8.33. The fourth-order valence-corrected chi connectivity index (χ4v) is 4.28. The van der Waals surface area contributed by atoms with E-state index in [-0.39, 0.29) is 18.1 Å². The molecule has 0 spiro atoms. The maximum Gasteiger partial charge on any atom is 0.255 e. The molecule has 1 saturated carbocycles. The zero-order valence-electron chi connectivity index (χ0n) is 18.1. The molecule has 2 fully saturated rings. The smallest absolute Gasteiger partial charge is 0.255 e. The van der Waals surface area contributed by atoms with E-state index >= 15 is 0 Å². The first-order chi connectivity index (χ1) is 14.1. The van der Waals surface area contributed by atoms with Crippen molar-refractivity contribution in [1.29, 1.82) is 0 Å². The lowest BCUT2D eigenvalue weighted by molar-refractivity contribution is 0.0714. The van der Waals surface area contributed by atoms with E-state index in [9.17, 15) is 4.79 Å². The van der Waals surface area contributed by atoms with E-state index in [1.165, 1.54) is 25.7 Å². The zero-order chi connectivity index (χ0) is 20.6. The fraction of sp³-hybridized carbons (Fsp3) is 0.696. The number of nitrogens with one attached hydrogen (secondary N) is 1. The lowest BCUT2D eigenvalue weighted by Gasteiger charge is -2.36. The van der Waals surface area contributed by atoms with E-state index in [1.807, 2.05) is 26.0 Å². The van der Waals surface area contributed by atoms with Crippen LogP contribution in [0.2, 0.25) is 0 Å². The number of methoxy groups -OCH3 is 1. The van der Waals surface area contributed by atoms with Gasteiger partial charge in [0.1, 0.15) is 17.6 Å². The van der Waals surface area contributed by atoms with Crippen LogP contribution in [-0.2, 0) is 4.74 Å². The third kappa shape index (κ3) is 6.34. The van der Waals surface area contributed by atoms with Crippen LogP contribution >= 0.6 is 0 Å². The highest BCUT2D eigenvalue weighted by atomic mass is 16.5. The minimum atomic E-state index is -0.158. The van der Waals surface area contributed by atoms with E-state index in [2.05, 4.69) is 10.2 Å². The fourth-order valence-electron chi connectivity index (χ4n) is 4.28. The van der Waals surface area contributed by atoms with E-state index in [1.54, 1.807) is 13.2 Å². The van der Waals surface area contributed by atoms with Crippen LogP contribution < -0.4 is 14.8 Å². The van der Waals surface area contributed by atoms with Crippen molar-refractivity contribution < 1.29 is 19.0 Å². The highest BCUT2D eigenvalue weighted by molar-refractivity contribution is 5.97. The summed E-state index contributed by atoms with van der Waals surface area (Å²) in [6.07, 6.45) is 7.73. The number of rotatable bonds is 9. The Bertz CT molecular complexity index is 650. The lowest BCUT2D eigenvalue weighted by atomic mass is 10.0. The maximum atomic E-state index is 12.7. The third-order valence-corrected chi connectivity index (χ3v) is 5.88. The number of hydrogen-bond acceptors (Lipinski definition) is 5. The molecular weight excluding hydrogens is 368 g/mol. The van der Waals surface area contributed by atoms with E-state index in [0.717, 1.165) is 32.0 Å². The van der Waals surface area contributed by atoms with E-state index < -0.39 is 0 Å². The van der Waals surface area contributed by atoms with Gasteiger partial charge in [0, 0.05) is 25.7 Å². The Morgan fingerprint density at radius 1 is 1.17 bits per heavy atom. The molecule has 2 aliphatic rings. The number of hydrogen-bond donors (Lipinski definition) is 1. The number of carbonyl (C=O) groups is 1. The Morgan fingerprint density at radius 2 is 1.90 bits per heavy atom. The van der Waals surface area contributed by atoms with Crippen LogP contribution in [0.5, 0.6) is 11.5 Å². The summed E-state index contributed by atoms with van der Waals surface area (Å²) in [4.78, 5) is 15.4. The van der Waals surface area contributed by atoms with Crippen LogP contribution in [0.3, 0.4) is 0 Å². The number of ether oxygens (including phenoxy) is 3. The summed E-state index contributed by atoms with van der Waals surface area (Å²) in [5.74, 6) is 1.12. The van der Waals surface area contributed by atoms with Gasteiger partial charge in [-0.15, -0.1) is 0 Å². The minimum absolute atomic E-state index is 0.150. The molecule has 1 aliphatic carbocycles. The van der Waals surface area contributed by atoms with Crippen molar-refractivity contribution in [3.63, 3.8) is 0 Å². The number of piperidine rings is 1. The SMILES string of the molecule is COc1ccc(OC2CCN(C3CCCC3)CC2)c(C(=O)NCCOC(C)C)c1. The van der Waals surface area contributed by atoms with E-state index in [0.29, 0.717) is 30.2 Å². The van der Waals surface area contributed by atoms with Crippen molar-refractivity contribution in [3.05, 3.63) is 23.8 Å². The lowest BCUT2D eigenvalue weighted by Crippen LogP contribution is -2.43. The quantitative estimate of drug-likeness (QED) is 0.637. The molecule has 0 unspecified atom stereocenters. The molecule has 1 amide bonds. The normalized spacial score (nSPS) is 18.9. The predicted octanol–water partition coefficient (Wildman–Crippen LogP) is 3.64. The number of amides is 1. The Hall–Kier alpha value is -1.79. The van der Waals surface area contributed by atoms with Gasteiger partial charge in [-0.3, -0.25) is 4.79 Å². The van der Waals surface area contributed by atoms with Crippen LogP contribution in [0.15, 0.2) is 18.2 Å². The molecule has 29 heavy (non-hydrogen) atoms. The number of nitrogens with zero attached hydrogens (tertiary/aromatic N) is 1. The van der Waals surface area contributed by atoms with Crippen LogP contribution in [0, 0.1) is 0 Å². The molecule has 1 heterocycles. The molecule has 162 valence electrons. The summed E-state index contributed by atoms with van der Waals surface area (Å²) < 4.78 is 17.1. The first-order valence-corrected chi connectivity index (χ1v) is 11.1. The van der Waals surface area contributed by atoms with Crippen LogP contribution in [0.1, 0.15) is 62.7 Å². The van der Waals surface area contributed by atoms with Gasteiger partial charge in [-0.05, 0) is 57.7 Å². The standard InChI is InChI=1S/C23H36N2O4/c1-17(2)28-15-12-24-23(26)21-16-20(27-3)8-9-22(21)29-19-10-13-25(14-11-19)18-6-4-5-7-18/h8-9,16-19H,4-7,10-15H2,1-3H3,(H,24,26). The molecule has 1 N–H and O–H groups in total. The Labute approximate surface area is 174 Å². The van der Waals surface area contributed by atoms with Crippen molar-refractivity contribution in [1.82, 2.24) is 10.2 Å². The number of benzene rings is 1. The molecule has 1 aromatic carbocycles. The molecule has 6 nitrogen and oxygen atoms in total. The first kappa shape index (κ1) is 21.9. The summed E-state index contributed by atoms with van der Waals surface area (Å²) in [5.41, 5.74) is 0.520. The topological polar surface area (TPSA) is 60.0 Å². The molecule has 1 aliphatic heterocycles. The van der Waals surface area contributed by atoms with Gasteiger partial charge < -0.3 is 24.4 Å². The van der Waals surface area contributed by atoms with Gasteiger partial charge in [0.25, 0.3) is 5.91 Å². The summed E-state index contributed by atoms with van der Waals surface area (Å²) in [7, 11) is 1.60. The zero-order valence-corrected chi connectivity index (χ0v) is 18.1. The van der Waals surface area contributed by atoms with Gasteiger partial charge >= 0.3 is 0 Å². The average molecular weight is 405 g/mol. The highest BCUT2D eigenvalue weighted by Gasteiger charge is 2.28. The summed E-state index contributed by atoms with van der Waals surface area (Å²) in [5, 5.41) is 2.92. The molecule has 3 rings (SSSR count). The molecule has 0 atom stereocenters. The molecule has 1 aromatic rings. The van der Waals surface area contributed by atoms with Crippen molar-refractivity contribution in [3.8, 4) is 11.5 Å². The predicted molar refractivity (Wildman–Crippen MR) is 114 cm³/mol. The van der Waals surface area contributed by atoms with Gasteiger partial charge in [0.05, 0.1) is 25.4 Å². The monoisotopic (exact) mass is 404 g/mol. The molecule has 0 aromatic heterocycles. The van der Waals surface area contributed by atoms with Crippen LogP contribution in [-0.4, -0.2) is 62.4 Å². The second-order valence-electron chi connectivity index (χ2n) is 8.33. The van der Waals surface area contributed by atoms with Gasteiger partial charge in [-0.25, -0.2) is 0 Å². The Morgan fingerprint density at radius 3 is 2.55 bits per heavy atom. The Kier molecular flexibility index (Phi) is 8.19. The van der Waals surface area contributed by atoms with Gasteiger partial charge in [-0.2, -0.15) is 0 Å². The van der Waals surface area contributed by atoms with Gasteiger partial charge in [0.15, 0.2) is 0 Å². The maximum absolute atomic E-state index is 12.7. The summed E-state index contributed by atoms with van der Waals surface area (Å²) in [6.45, 7) is 7.08. The van der Waals surface area contributed by atoms with Crippen molar-refractivity contribution in [2.75, 3.05) is 33.4 Å². The Balaban J connectivity index is 1.57. The van der Waals surface area contributed by atoms with Crippen molar-refractivity contribution in [2.24, 2.45) is 0 Å². The van der Waals surface area contributed by atoms with Gasteiger partial charge in [0.2, 0.25) is 0 Å². The second kappa shape index (κ2) is 10.8. The molecule has 1 saturated heterocycles. The summed E-state index contributed by atoms with van der Waals surface area (Å²) in [6, 6.07) is 6.22. The number of likely N-dealkylation sites (tertiary alicyclic amines) is 1. The highest BCUT2D eigenvalue weighted by Crippen LogP contribution is 2.30. The third-order valence-electron chi connectivity index (χ3n) is 5.88. The van der Waals surface area contributed by atoms with Crippen LogP contribution in [0.25, 0.3) is 0 Å². The first-order valence-electron chi connectivity index (χ1n) is 11.1. The average Bonchev–Trinajstić information content (AvgIpc) is 3.26. The van der Waals surface area contributed by atoms with Gasteiger partial charge in [-0.1, -0.05) is 12.8 Å². The molecule has 6 heteroatoms. The van der Waals surface area contributed by atoms with E-state index in [4.69, 9.17) is 14.2 Å². The van der Waals surface area contributed by atoms with Crippen molar-refractivity contribution in [2.45, 2.75) is 70.6 Å². The summed E-state index contributed by atoms with van der Waals surface area (Å²) >= 11 is 0. The van der Waals surface area contributed by atoms with Crippen molar-refractivity contribution >= 4 is 5.91 Å². The molecule has 0 radical (unpaired) electrons. The minimum Gasteiger partial charge on any atom is -0.497 e. The number of carbonyl (C=O) groups excluding carboxylic acids is 1. The van der Waals surface area contributed by atoms with Crippen LogP contribution in [0.4, 0.5) is 0 Å². The molecular formula is C23H36N2O4. The molecule has 0 bridgehead atoms. The largest absolute Gasteiger partial charge is 0.497 e.